The quantitative estimate of drug-likeness (QED) is 0.865. The van der Waals surface area contributed by atoms with Gasteiger partial charge in [0.05, 0.1) is 6.54 Å². The molecule has 0 aliphatic carbocycles. The molecule has 0 amide bonds. The van der Waals surface area contributed by atoms with Crippen molar-refractivity contribution < 1.29 is 4.42 Å². The summed E-state index contributed by atoms with van der Waals surface area (Å²) in [6, 6.07) is 10.5. The number of aryl methyl sites for hydroxylation is 2. The van der Waals surface area contributed by atoms with E-state index in [2.05, 4.69) is 50.4 Å². The van der Waals surface area contributed by atoms with E-state index in [1.165, 1.54) is 16.7 Å². The van der Waals surface area contributed by atoms with E-state index in [4.69, 9.17) is 4.42 Å². The highest BCUT2D eigenvalue weighted by atomic mass is 16.3. The summed E-state index contributed by atoms with van der Waals surface area (Å²) < 4.78 is 5.85. The van der Waals surface area contributed by atoms with E-state index in [9.17, 15) is 0 Å². The molecular formula is C15H19NO. The third-order valence-corrected chi connectivity index (χ3v) is 2.87. The highest BCUT2D eigenvalue weighted by Crippen LogP contribution is 2.26. The van der Waals surface area contributed by atoms with Crippen LogP contribution in [0.2, 0.25) is 0 Å². The molecule has 1 aromatic heterocycles. The maximum atomic E-state index is 5.85. The molecular weight excluding hydrogens is 210 g/mol. The SMILES string of the molecule is CCNCc1ccc(-c2cc(C)ccc2C)o1. The molecule has 0 fully saturated rings. The Labute approximate surface area is 103 Å². The average Bonchev–Trinajstić information content (AvgIpc) is 2.78. The highest BCUT2D eigenvalue weighted by molar-refractivity contribution is 5.63. The molecule has 0 aliphatic rings. The molecule has 1 aromatic carbocycles. The van der Waals surface area contributed by atoms with Crippen molar-refractivity contribution in [2.24, 2.45) is 0 Å². The van der Waals surface area contributed by atoms with Crippen LogP contribution >= 0.6 is 0 Å². The lowest BCUT2D eigenvalue weighted by Crippen LogP contribution is -2.10. The summed E-state index contributed by atoms with van der Waals surface area (Å²) in [5.41, 5.74) is 3.70. The van der Waals surface area contributed by atoms with Gasteiger partial charge in [-0.2, -0.15) is 0 Å². The van der Waals surface area contributed by atoms with Gasteiger partial charge in [0.1, 0.15) is 11.5 Å². The fourth-order valence-electron chi connectivity index (χ4n) is 1.87. The smallest absolute Gasteiger partial charge is 0.134 e. The molecule has 2 nitrogen and oxygen atoms in total. The van der Waals surface area contributed by atoms with E-state index in [0.717, 1.165) is 24.6 Å². The van der Waals surface area contributed by atoms with E-state index < -0.39 is 0 Å². The van der Waals surface area contributed by atoms with Gasteiger partial charge < -0.3 is 9.73 Å². The standard InChI is InChI=1S/C15H19NO/c1-4-16-10-13-7-8-15(17-13)14-9-11(2)5-6-12(14)3/h5-9,16H,4,10H2,1-3H3. The van der Waals surface area contributed by atoms with Crippen LogP contribution in [0.1, 0.15) is 23.8 Å². The number of furan rings is 1. The van der Waals surface area contributed by atoms with Crippen molar-refractivity contribution >= 4 is 0 Å². The molecule has 0 atom stereocenters. The molecule has 2 rings (SSSR count). The second-order valence-corrected chi connectivity index (χ2v) is 4.36. The van der Waals surface area contributed by atoms with Gasteiger partial charge in [-0.1, -0.05) is 24.6 Å². The zero-order valence-electron chi connectivity index (χ0n) is 10.7. The molecule has 0 saturated heterocycles. The van der Waals surface area contributed by atoms with Gasteiger partial charge in [0.15, 0.2) is 0 Å². The Hall–Kier alpha value is -1.54. The van der Waals surface area contributed by atoms with Gasteiger partial charge in [0, 0.05) is 5.56 Å². The molecule has 0 radical (unpaired) electrons. The van der Waals surface area contributed by atoms with Gasteiger partial charge in [-0.15, -0.1) is 0 Å². The maximum absolute atomic E-state index is 5.85. The van der Waals surface area contributed by atoms with Crippen LogP contribution in [0.15, 0.2) is 34.7 Å². The van der Waals surface area contributed by atoms with Crippen molar-refractivity contribution in [3.8, 4) is 11.3 Å². The molecule has 2 aromatic rings. The largest absolute Gasteiger partial charge is 0.460 e. The fraction of sp³-hybridized carbons (Fsp3) is 0.333. The summed E-state index contributed by atoms with van der Waals surface area (Å²) >= 11 is 0. The third-order valence-electron chi connectivity index (χ3n) is 2.87. The number of hydrogen-bond acceptors (Lipinski definition) is 2. The number of hydrogen-bond donors (Lipinski definition) is 1. The Morgan fingerprint density at radius 3 is 2.71 bits per heavy atom. The van der Waals surface area contributed by atoms with E-state index in [1.54, 1.807) is 0 Å². The highest BCUT2D eigenvalue weighted by Gasteiger charge is 2.07. The minimum atomic E-state index is 0.793. The Morgan fingerprint density at radius 1 is 1.12 bits per heavy atom. The van der Waals surface area contributed by atoms with Crippen molar-refractivity contribution in [3.05, 3.63) is 47.2 Å². The number of nitrogens with one attached hydrogen (secondary N) is 1. The minimum absolute atomic E-state index is 0.793. The monoisotopic (exact) mass is 229 g/mol. The average molecular weight is 229 g/mol. The zero-order chi connectivity index (χ0) is 12.3. The first kappa shape index (κ1) is 11.9. The molecule has 17 heavy (non-hydrogen) atoms. The van der Waals surface area contributed by atoms with Crippen LogP contribution in [0.5, 0.6) is 0 Å². The maximum Gasteiger partial charge on any atom is 0.134 e. The summed E-state index contributed by atoms with van der Waals surface area (Å²) in [6.45, 7) is 8.06. The van der Waals surface area contributed by atoms with Gasteiger partial charge in [-0.25, -0.2) is 0 Å². The van der Waals surface area contributed by atoms with E-state index in [1.807, 2.05) is 6.07 Å². The van der Waals surface area contributed by atoms with Crippen LogP contribution in [-0.4, -0.2) is 6.54 Å². The molecule has 0 spiro atoms. The van der Waals surface area contributed by atoms with Crippen LogP contribution < -0.4 is 5.32 Å². The van der Waals surface area contributed by atoms with Crippen molar-refractivity contribution in [2.75, 3.05) is 6.54 Å². The first-order valence-corrected chi connectivity index (χ1v) is 6.07. The lowest BCUT2D eigenvalue weighted by atomic mass is 10.0. The van der Waals surface area contributed by atoms with Crippen LogP contribution in [0.25, 0.3) is 11.3 Å². The molecule has 1 heterocycles. The summed E-state index contributed by atoms with van der Waals surface area (Å²) in [5, 5.41) is 3.26. The van der Waals surface area contributed by atoms with Crippen LogP contribution in [0, 0.1) is 13.8 Å². The Kier molecular flexibility index (Phi) is 3.64. The third kappa shape index (κ3) is 2.77. The molecule has 1 N–H and O–H groups in total. The zero-order valence-corrected chi connectivity index (χ0v) is 10.7. The molecule has 0 bridgehead atoms. The fourth-order valence-corrected chi connectivity index (χ4v) is 1.87. The van der Waals surface area contributed by atoms with E-state index in [-0.39, 0.29) is 0 Å². The summed E-state index contributed by atoms with van der Waals surface area (Å²) in [6.07, 6.45) is 0. The second kappa shape index (κ2) is 5.19. The van der Waals surface area contributed by atoms with E-state index in [0.29, 0.717) is 0 Å². The molecule has 0 aliphatic heterocycles. The lowest BCUT2D eigenvalue weighted by Gasteiger charge is -2.04. The first-order chi connectivity index (χ1) is 8.20. The minimum Gasteiger partial charge on any atom is -0.460 e. The van der Waals surface area contributed by atoms with Crippen molar-refractivity contribution in [2.45, 2.75) is 27.3 Å². The lowest BCUT2D eigenvalue weighted by molar-refractivity contribution is 0.498. The van der Waals surface area contributed by atoms with Crippen LogP contribution in [0.3, 0.4) is 0 Å². The molecule has 0 saturated carbocycles. The summed E-state index contributed by atoms with van der Waals surface area (Å²) in [7, 11) is 0. The van der Waals surface area contributed by atoms with Crippen molar-refractivity contribution in [1.29, 1.82) is 0 Å². The predicted octanol–water partition coefficient (Wildman–Crippen LogP) is 3.67. The predicted molar refractivity (Wildman–Crippen MR) is 71.0 cm³/mol. The molecule has 2 heteroatoms. The second-order valence-electron chi connectivity index (χ2n) is 4.36. The topological polar surface area (TPSA) is 25.2 Å². The summed E-state index contributed by atoms with van der Waals surface area (Å²) in [4.78, 5) is 0. The number of rotatable bonds is 4. The van der Waals surface area contributed by atoms with Gasteiger partial charge in [-0.3, -0.25) is 0 Å². The van der Waals surface area contributed by atoms with Gasteiger partial charge >= 0.3 is 0 Å². The van der Waals surface area contributed by atoms with Gasteiger partial charge in [-0.05, 0) is 44.2 Å². The van der Waals surface area contributed by atoms with Crippen molar-refractivity contribution in [3.63, 3.8) is 0 Å². The van der Waals surface area contributed by atoms with Crippen LogP contribution in [-0.2, 0) is 6.54 Å². The van der Waals surface area contributed by atoms with Gasteiger partial charge in [0.25, 0.3) is 0 Å². The van der Waals surface area contributed by atoms with Crippen LogP contribution in [0.4, 0.5) is 0 Å². The Morgan fingerprint density at radius 2 is 1.94 bits per heavy atom. The number of benzene rings is 1. The normalized spacial score (nSPS) is 10.8. The van der Waals surface area contributed by atoms with Gasteiger partial charge in [0.2, 0.25) is 0 Å². The molecule has 90 valence electrons. The Balaban J connectivity index is 2.27. The van der Waals surface area contributed by atoms with Crippen molar-refractivity contribution in [1.82, 2.24) is 5.32 Å². The summed E-state index contributed by atoms with van der Waals surface area (Å²) in [5.74, 6) is 1.95. The Bertz CT molecular complexity index is 499. The molecule has 0 unspecified atom stereocenters. The van der Waals surface area contributed by atoms with E-state index >= 15 is 0 Å². The first-order valence-electron chi connectivity index (χ1n) is 6.07.